The van der Waals surface area contributed by atoms with Gasteiger partial charge in [-0.15, -0.1) is 10.2 Å². The number of amides is 3. The first-order valence-corrected chi connectivity index (χ1v) is 22.9. The van der Waals surface area contributed by atoms with E-state index in [1.54, 1.807) is 46.2 Å². The van der Waals surface area contributed by atoms with E-state index < -0.39 is 23.6 Å². The average Bonchev–Trinajstić information content (AvgIpc) is 4.00. The van der Waals surface area contributed by atoms with E-state index in [4.69, 9.17) is 15.2 Å². The molecule has 2 unspecified atom stereocenters. The average molecular weight is 888 g/mol. The van der Waals surface area contributed by atoms with Crippen molar-refractivity contribution in [3.8, 4) is 28.4 Å². The smallest absolute Gasteiger partial charge is 0.328 e. The molecule has 0 spiro atoms. The zero-order valence-corrected chi connectivity index (χ0v) is 36.9. The van der Waals surface area contributed by atoms with Crippen molar-refractivity contribution >= 4 is 47.2 Å². The summed E-state index contributed by atoms with van der Waals surface area (Å²) in [6, 6.07) is 14.2. The maximum absolute atomic E-state index is 13.8. The Bertz CT molecular complexity index is 2440. The number of nitrogens with zero attached hydrogens (tertiary/aromatic N) is 7. The van der Waals surface area contributed by atoms with Gasteiger partial charge in [0.15, 0.2) is 5.82 Å². The van der Waals surface area contributed by atoms with Crippen molar-refractivity contribution in [1.29, 1.82) is 0 Å². The van der Waals surface area contributed by atoms with Gasteiger partial charge in [-0.1, -0.05) is 38.1 Å². The number of hydrogen-bond acceptors (Lipinski definition) is 15. The van der Waals surface area contributed by atoms with Crippen molar-refractivity contribution in [2.75, 3.05) is 61.4 Å². The topological polar surface area (TPSA) is 219 Å². The Morgan fingerprint density at radius 2 is 1.86 bits per heavy atom. The molecule has 3 atom stereocenters. The normalized spacial score (nSPS) is 24.4. The number of esters is 1. The number of benzene rings is 2. The van der Waals surface area contributed by atoms with Gasteiger partial charge in [0.05, 0.1) is 48.1 Å². The fraction of sp³-hybridized carbons (Fsp3) is 0.489. The lowest BCUT2D eigenvalue weighted by Crippen LogP contribution is -2.55. The third-order valence-electron chi connectivity index (χ3n) is 13.8. The van der Waals surface area contributed by atoms with E-state index in [-0.39, 0.29) is 35.5 Å². The Morgan fingerprint density at radius 3 is 2.62 bits per heavy atom. The Morgan fingerprint density at radius 1 is 1.03 bits per heavy atom. The second-order valence-electron chi connectivity index (χ2n) is 18.2. The predicted octanol–water partition coefficient (Wildman–Crippen LogP) is 3.13. The van der Waals surface area contributed by atoms with Gasteiger partial charge in [0, 0.05) is 37.7 Å². The summed E-state index contributed by atoms with van der Waals surface area (Å²) in [7, 11) is 0. The van der Waals surface area contributed by atoms with Crippen LogP contribution in [-0.4, -0.2) is 124 Å². The van der Waals surface area contributed by atoms with E-state index in [2.05, 4.69) is 47.1 Å². The number of anilines is 3. The zero-order chi connectivity index (χ0) is 45.2. The number of aromatic nitrogens is 4. The number of para-hydroxylation sites is 2. The summed E-state index contributed by atoms with van der Waals surface area (Å²) in [6.45, 7) is 7.50. The summed E-state index contributed by atoms with van der Waals surface area (Å²) in [5, 5.41) is 22.2. The molecule has 1 saturated carbocycles. The van der Waals surface area contributed by atoms with Gasteiger partial charge in [-0.05, 0) is 93.2 Å². The first-order chi connectivity index (χ1) is 31.5. The molecular formula is C47H57N11O7. The molecule has 5 aliphatic rings. The highest BCUT2D eigenvalue weighted by Gasteiger charge is 2.39. The number of hydrogen-bond donors (Lipinski definition) is 4. The van der Waals surface area contributed by atoms with Gasteiger partial charge < -0.3 is 40.4 Å². The van der Waals surface area contributed by atoms with Gasteiger partial charge in [0.25, 0.3) is 0 Å². The van der Waals surface area contributed by atoms with Crippen LogP contribution in [0.3, 0.4) is 0 Å². The number of nitrogen functional groups attached to an aromatic ring is 1. The molecule has 0 bridgehead atoms. The van der Waals surface area contributed by atoms with Crippen LogP contribution in [0.4, 0.5) is 17.2 Å². The number of imide groups is 1. The van der Waals surface area contributed by atoms with Gasteiger partial charge in [0.1, 0.15) is 42.2 Å². The third-order valence-corrected chi connectivity index (χ3v) is 13.8. The van der Waals surface area contributed by atoms with E-state index in [9.17, 15) is 24.0 Å². The lowest BCUT2D eigenvalue weighted by molar-refractivity contribution is -0.138. The van der Waals surface area contributed by atoms with Gasteiger partial charge in [-0.2, -0.15) is 5.10 Å². The molecule has 3 saturated heterocycles. The van der Waals surface area contributed by atoms with Crippen LogP contribution in [0.1, 0.15) is 76.7 Å². The van der Waals surface area contributed by atoms with Crippen LogP contribution in [0, 0.1) is 5.92 Å². The summed E-state index contributed by atoms with van der Waals surface area (Å²) in [5.41, 5.74) is 9.75. The minimum atomic E-state index is -0.703. The highest BCUT2D eigenvalue weighted by Crippen LogP contribution is 2.45. The zero-order valence-electron chi connectivity index (χ0n) is 36.9. The maximum atomic E-state index is 13.8. The lowest BCUT2D eigenvalue weighted by atomic mass is 9.80. The number of ether oxygens (including phenoxy) is 2. The fourth-order valence-electron chi connectivity index (χ4n) is 10.2. The molecule has 2 aromatic heterocycles. The first-order valence-electron chi connectivity index (χ1n) is 22.9. The second kappa shape index (κ2) is 18.7. The molecule has 2 aromatic carbocycles. The first kappa shape index (κ1) is 44.0. The molecule has 342 valence electrons. The molecule has 4 aliphatic heterocycles. The number of carbonyl (C=O) groups is 5. The quantitative estimate of drug-likeness (QED) is 0.0656. The molecule has 4 aromatic rings. The third kappa shape index (κ3) is 9.06. The van der Waals surface area contributed by atoms with Crippen LogP contribution in [0.25, 0.3) is 16.9 Å². The van der Waals surface area contributed by atoms with E-state index in [1.165, 1.54) is 0 Å². The van der Waals surface area contributed by atoms with Crippen molar-refractivity contribution in [3.05, 3.63) is 66.5 Å². The lowest BCUT2D eigenvalue weighted by Gasteiger charge is -2.42. The van der Waals surface area contributed by atoms with E-state index in [0.717, 1.165) is 68.5 Å². The highest BCUT2D eigenvalue weighted by molar-refractivity contribution is 6.02. The number of nitrogens with two attached hydrogens (primary N) is 1. The van der Waals surface area contributed by atoms with Crippen molar-refractivity contribution in [3.63, 3.8) is 0 Å². The Hall–Kier alpha value is -6.24. The standard InChI is InChI=1S/C47H57N11O7/c1-29(2)42(49-27-47(28-59)17-6-18-50-47)46(63)65-39-10-4-3-7-34(39)35-23-38(44(48)54-53-35)58-25-32(24-51-58)56-20-19-55(26-41(56)61)31-13-11-30(12-14-31)33-8-5-9-36-43(33)64-22-21-57(36)37-15-16-40(60)52-45(37)62/h3-5,7-10,23-25,28-31,37,42,49-50H,6,11-22,26-27H2,1-2H3,(H2,48,54)(H,52,60,62)/t30?,31?,37?,42-,47?/m0/s1. The molecule has 4 fully saturated rings. The van der Waals surface area contributed by atoms with Crippen LogP contribution in [-0.2, 0) is 24.0 Å². The number of piperidine rings is 1. The molecule has 9 rings (SSSR count). The minimum absolute atomic E-state index is 0.00993. The van der Waals surface area contributed by atoms with Crippen molar-refractivity contribution in [2.24, 2.45) is 5.92 Å². The van der Waals surface area contributed by atoms with Crippen LogP contribution in [0.5, 0.6) is 11.5 Å². The summed E-state index contributed by atoms with van der Waals surface area (Å²) in [4.78, 5) is 70.1. The molecule has 1 aliphatic carbocycles. The predicted molar refractivity (Wildman–Crippen MR) is 242 cm³/mol. The SMILES string of the molecule is CC(C)[C@H](NCC1(C=O)CCCN1)C(=O)Oc1ccccc1-c1cc(-n2cc(N3CCN(C4CCC(c5cccc6c5OCCN6C5CCC(=O)NC5=O)CC4)CC3=O)cn2)c(N)nn1. The second-order valence-corrected chi connectivity index (χ2v) is 18.2. The molecule has 18 heteroatoms. The summed E-state index contributed by atoms with van der Waals surface area (Å²) in [5.74, 6) is 0.492. The van der Waals surface area contributed by atoms with Gasteiger partial charge >= 0.3 is 5.97 Å². The Labute approximate surface area is 377 Å². The summed E-state index contributed by atoms with van der Waals surface area (Å²) < 4.78 is 13.8. The largest absolute Gasteiger partial charge is 0.489 e. The van der Waals surface area contributed by atoms with E-state index >= 15 is 0 Å². The van der Waals surface area contributed by atoms with Gasteiger partial charge in [0.2, 0.25) is 17.7 Å². The summed E-state index contributed by atoms with van der Waals surface area (Å²) in [6.07, 6.45) is 10.5. The van der Waals surface area contributed by atoms with Crippen LogP contribution in [0.2, 0.25) is 0 Å². The number of aldehydes is 1. The molecule has 5 N–H and O–H groups in total. The van der Waals surface area contributed by atoms with E-state index in [0.29, 0.717) is 86.3 Å². The highest BCUT2D eigenvalue weighted by atomic mass is 16.5. The van der Waals surface area contributed by atoms with Crippen LogP contribution in [0.15, 0.2) is 60.9 Å². The number of nitrogens with one attached hydrogen (secondary N) is 3. The van der Waals surface area contributed by atoms with Crippen LogP contribution < -0.4 is 41.0 Å². The number of rotatable bonds is 13. The molecule has 3 amide bonds. The monoisotopic (exact) mass is 887 g/mol. The Kier molecular flexibility index (Phi) is 12.7. The molecular weight excluding hydrogens is 831 g/mol. The number of fused-ring (bicyclic) bond motifs is 1. The Balaban J connectivity index is 0.825. The van der Waals surface area contributed by atoms with Gasteiger partial charge in [-0.25, -0.2) is 9.48 Å². The van der Waals surface area contributed by atoms with Crippen molar-refractivity contribution < 1.29 is 33.4 Å². The number of piperazine rings is 1. The fourth-order valence-corrected chi connectivity index (χ4v) is 10.2. The molecule has 6 heterocycles. The molecule has 65 heavy (non-hydrogen) atoms. The minimum Gasteiger partial charge on any atom is -0.489 e. The molecule has 18 nitrogen and oxygen atoms in total. The van der Waals surface area contributed by atoms with Gasteiger partial charge in [-0.3, -0.25) is 24.6 Å². The molecule has 0 radical (unpaired) electrons. The van der Waals surface area contributed by atoms with Crippen molar-refractivity contribution in [2.45, 2.75) is 94.8 Å². The maximum Gasteiger partial charge on any atom is 0.328 e. The van der Waals surface area contributed by atoms with Crippen LogP contribution >= 0.6 is 0 Å². The van der Waals surface area contributed by atoms with Crippen molar-refractivity contribution in [1.82, 2.24) is 40.8 Å². The summed E-state index contributed by atoms with van der Waals surface area (Å²) >= 11 is 0. The van der Waals surface area contributed by atoms with E-state index in [1.807, 2.05) is 32.0 Å². The number of carbonyl (C=O) groups excluding carboxylic acids is 5.